The Morgan fingerprint density at radius 3 is 3.06 bits per heavy atom. The molecular weight excluding hydrogens is 226 g/mol. The first-order valence-corrected chi connectivity index (χ1v) is 5.75. The Hall–Kier alpha value is -1.00. The lowest BCUT2D eigenvalue weighted by Gasteiger charge is -2.35. The van der Waals surface area contributed by atoms with Crippen molar-refractivity contribution in [1.82, 2.24) is 4.98 Å². The van der Waals surface area contributed by atoms with Gasteiger partial charge in [0.1, 0.15) is 5.15 Å². The van der Waals surface area contributed by atoms with E-state index in [1.807, 2.05) is 0 Å². The Balaban J connectivity index is 2.15. The summed E-state index contributed by atoms with van der Waals surface area (Å²) < 4.78 is 5.46. The van der Waals surface area contributed by atoms with Gasteiger partial charge in [-0.05, 0) is 31.9 Å². The van der Waals surface area contributed by atoms with Crippen molar-refractivity contribution in [2.75, 3.05) is 24.3 Å². The van der Waals surface area contributed by atoms with E-state index in [9.17, 15) is 0 Å². The maximum absolute atomic E-state index is 5.84. The molecule has 1 fully saturated rings. The number of nitrogen functional groups attached to an aromatic ring is 1. The number of hydrogen-bond acceptors (Lipinski definition) is 4. The summed E-state index contributed by atoms with van der Waals surface area (Å²) in [5, 5.41) is 3.76. The highest BCUT2D eigenvalue weighted by molar-refractivity contribution is 6.29. The van der Waals surface area contributed by atoms with Gasteiger partial charge in [-0.1, -0.05) is 11.6 Å². The van der Waals surface area contributed by atoms with Crippen LogP contribution < -0.4 is 11.1 Å². The fraction of sp³-hybridized carbons (Fsp3) is 0.545. The van der Waals surface area contributed by atoms with Gasteiger partial charge in [-0.15, -0.1) is 0 Å². The second-order valence-electron chi connectivity index (χ2n) is 4.41. The molecule has 2 rings (SSSR count). The molecule has 0 radical (unpaired) electrons. The van der Waals surface area contributed by atoms with Crippen molar-refractivity contribution in [3.05, 3.63) is 17.3 Å². The largest absolute Gasteiger partial charge is 0.396 e. The normalized spacial score (nSPS) is 25.4. The highest BCUT2D eigenvalue weighted by Crippen LogP contribution is 2.27. The molecule has 5 heteroatoms. The first-order chi connectivity index (χ1) is 7.59. The fourth-order valence-corrected chi connectivity index (χ4v) is 2.01. The smallest absolute Gasteiger partial charge is 0.151 e. The molecule has 1 aliphatic heterocycles. The summed E-state index contributed by atoms with van der Waals surface area (Å²) in [5.74, 6) is 0.639. The molecular formula is C11H16ClN3O. The van der Waals surface area contributed by atoms with Gasteiger partial charge in [0.25, 0.3) is 0 Å². The predicted molar refractivity (Wildman–Crippen MR) is 65.7 cm³/mol. The monoisotopic (exact) mass is 241 g/mol. The van der Waals surface area contributed by atoms with E-state index in [1.54, 1.807) is 12.1 Å². The van der Waals surface area contributed by atoms with Gasteiger partial charge in [0.2, 0.25) is 0 Å². The second kappa shape index (κ2) is 4.47. The van der Waals surface area contributed by atoms with Gasteiger partial charge in [0.05, 0.1) is 17.8 Å². The summed E-state index contributed by atoms with van der Waals surface area (Å²) in [6, 6.07) is 3.44. The highest BCUT2D eigenvalue weighted by atomic mass is 35.5. The van der Waals surface area contributed by atoms with Crippen molar-refractivity contribution < 1.29 is 4.74 Å². The van der Waals surface area contributed by atoms with Crippen molar-refractivity contribution >= 4 is 23.1 Å². The van der Waals surface area contributed by atoms with Gasteiger partial charge in [-0.2, -0.15) is 0 Å². The number of nitrogens with one attached hydrogen (secondary N) is 1. The Morgan fingerprint density at radius 2 is 2.38 bits per heavy atom. The van der Waals surface area contributed by atoms with E-state index in [4.69, 9.17) is 22.1 Å². The number of anilines is 2. The summed E-state index contributed by atoms with van der Waals surface area (Å²) in [5.41, 5.74) is 6.34. The molecule has 0 bridgehead atoms. The number of pyridine rings is 1. The molecule has 1 atom stereocenters. The zero-order valence-corrected chi connectivity index (χ0v) is 10.0. The number of nitrogens with two attached hydrogens (primary N) is 1. The topological polar surface area (TPSA) is 60.2 Å². The first kappa shape index (κ1) is 11.5. The predicted octanol–water partition coefficient (Wildman–Crippen LogP) is 2.30. The van der Waals surface area contributed by atoms with Crippen LogP contribution in [0.4, 0.5) is 11.5 Å². The van der Waals surface area contributed by atoms with Crippen molar-refractivity contribution in [3.63, 3.8) is 0 Å². The maximum atomic E-state index is 5.84. The maximum Gasteiger partial charge on any atom is 0.151 e. The van der Waals surface area contributed by atoms with E-state index < -0.39 is 0 Å². The van der Waals surface area contributed by atoms with E-state index in [1.165, 1.54) is 0 Å². The third-order valence-corrected chi connectivity index (χ3v) is 2.96. The third-order valence-electron chi connectivity index (χ3n) is 2.75. The number of nitrogens with zero attached hydrogens (tertiary/aromatic N) is 1. The fourth-order valence-electron chi connectivity index (χ4n) is 1.86. The number of ether oxygens (including phenoxy) is 1. The molecule has 4 nitrogen and oxygen atoms in total. The molecule has 0 saturated carbocycles. The van der Waals surface area contributed by atoms with Crippen LogP contribution in [-0.2, 0) is 4.74 Å². The van der Waals surface area contributed by atoms with Crippen LogP contribution in [0.5, 0.6) is 0 Å². The van der Waals surface area contributed by atoms with Gasteiger partial charge >= 0.3 is 0 Å². The SMILES string of the molecule is CC1(Nc2nc(Cl)ccc2N)CCCOC1. The van der Waals surface area contributed by atoms with Gasteiger partial charge in [0, 0.05) is 6.61 Å². The zero-order chi connectivity index (χ0) is 11.6. The van der Waals surface area contributed by atoms with E-state index in [2.05, 4.69) is 17.2 Å². The standard InChI is InChI=1S/C11H16ClN3O/c1-11(5-2-6-16-7-11)15-10-8(13)3-4-9(12)14-10/h3-4H,2,5-7,13H2,1H3,(H,14,15). The second-order valence-corrected chi connectivity index (χ2v) is 4.80. The van der Waals surface area contributed by atoms with Crippen LogP contribution in [0, 0.1) is 0 Å². The number of hydrogen-bond donors (Lipinski definition) is 2. The number of halogens is 1. The van der Waals surface area contributed by atoms with Gasteiger partial charge in [0.15, 0.2) is 5.82 Å². The minimum absolute atomic E-state index is 0.107. The summed E-state index contributed by atoms with van der Waals surface area (Å²) >= 11 is 5.84. The molecule has 0 aliphatic carbocycles. The Bertz CT molecular complexity index is 377. The van der Waals surface area contributed by atoms with Crippen molar-refractivity contribution in [2.24, 2.45) is 0 Å². The van der Waals surface area contributed by atoms with Crippen molar-refractivity contribution in [3.8, 4) is 0 Å². The molecule has 2 heterocycles. The lowest BCUT2D eigenvalue weighted by molar-refractivity contribution is 0.0539. The molecule has 0 aromatic carbocycles. The molecule has 1 saturated heterocycles. The molecule has 16 heavy (non-hydrogen) atoms. The van der Waals surface area contributed by atoms with Crippen LogP contribution in [0.25, 0.3) is 0 Å². The molecule has 3 N–H and O–H groups in total. The van der Waals surface area contributed by atoms with Gasteiger partial charge < -0.3 is 15.8 Å². The summed E-state index contributed by atoms with van der Waals surface area (Å²) in [7, 11) is 0. The van der Waals surface area contributed by atoms with Crippen LogP contribution >= 0.6 is 11.6 Å². The van der Waals surface area contributed by atoms with Crippen LogP contribution in [0.1, 0.15) is 19.8 Å². The average Bonchev–Trinajstić information content (AvgIpc) is 2.24. The molecule has 88 valence electrons. The van der Waals surface area contributed by atoms with Crippen LogP contribution in [0.2, 0.25) is 5.15 Å². The van der Waals surface area contributed by atoms with Crippen LogP contribution in [0.15, 0.2) is 12.1 Å². The summed E-state index contributed by atoms with van der Waals surface area (Å²) in [6.45, 7) is 3.60. The van der Waals surface area contributed by atoms with E-state index in [0.717, 1.165) is 19.4 Å². The van der Waals surface area contributed by atoms with Gasteiger partial charge in [-0.3, -0.25) is 0 Å². The van der Waals surface area contributed by atoms with Crippen molar-refractivity contribution in [1.29, 1.82) is 0 Å². The summed E-state index contributed by atoms with van der Waals surface area (Å²) in [4.78, 5) is 4.19. The lowest BCUT2D eigenvalue weighted by Crippen LogP contribution is -2.43. The number of rotatable bonds is 2. The average molecular weight is 242 g/mol. The summed E-state index contributed by atoms with van der Waals surface area (Å²) in [6.07, 6.45) is 2.09. The molecule has 1 aliphatic rings. The molecule has 0 spiro atoms. The minimum atomic E-state index is -0.107. The quantitative estimate of drug-likeness (QED) is 0.780. The lowest BCUT2D eigenvalue weighted by atomic mass is 9.95. The molecule has 1 aromatic heterocycles. The van der Waals surface area contributed by atoms with Gasteiger partial charge in [-0.25, -0.2) is 4.98 Å². The molecule has 1 unspecified atom stereocenters. The Kier molecular flexibility index (Phi) is 3.21. The number of aromatic nitrogens is 1. The van der Waals surface area contributed by atoms with E-state index in [0.29, 0.717) is 23.3 Å². The Morgan fingerprint density at radius 1 is 1.56 bits per heavy atom. The molecule has 1 aromatic rings. The van der Waals surface area contributed by atoms with Crippen LogP contribution in [-0.4, -0.2) is 23.7 Å². The first-order valence-electron chi connectivity index (χ1n) is 5.37. The highest BCUT2D eigenvalue weighted by Gasteiger charge is 2.28. The molecule has 0 amide bonds. The van der Waals surface area contributed by atoms with E-state index >= 15 is 0 Å². The zero-order valence-electron chi connectivity index (χ0n) is 9.29. The Labute approximate surface area is 100 Å². The third kappa shape index (κ3) is 2.57. The minimum Gasteiger partial charge on any atom is -0.396 e. The van der Waals surface area contributed by atoms with Crippen molar-refractivity contribution in [2.45, 2.75) is 25.3 Å². The van der Waals surface area contributed by atoms with E-state index in [-0.39, 0.29) is 5.54 Å². The van der Waals surface area contributed by atoms with Crippen LogP contribution in [0.3, 0.4) is 0 Å².